The predicted octanol–water partition coefficient (Wildman–Crippen LogP) is 3.06. The van der Waals surface area contributed by atoms with Crippen molar-refractivity contribution in [3.63, 3.8) is 0 Å². The fourth-order valence-electron chi connectivity index (χ4n) is 2.73. The Morgan fingerprint density at radius 1 is 1.15 bits per heavy atom. The van der Waals surface area contributed by atoms with Crippen molar-refractivity contribution in [3.05, 3.63) is 0 Å². The van der Waals surface area contributed by atoms with E-state index in [1.165, 1.54) is 38.6 Å². The van der Waals surface area contributed by atoms with E-state index in [2.05, 4.69) is 26.2 Å². The van der Waals surface area contributed by atoms with Crippen molar-refractivity contribution in [1.82, 2.24) is 5.32 Å². The molecule has 1 fully saturated rings. The zero-order valence-corrected chi connectivity index (χ0v) is 9.47. The highest BCUT2D eigenvalue weighted by molar-refractivity contribution is 4.77. The molecule has 0 bridgehead atoms. The Labute approximate surface area is 83.3 Å². The molecule has 0 aliphatic heterocycles. The molecule has 1 N–H and O–H groups in total. The van der Waals surface area contributed by atoms with E-state index in [0.29, 0.717) is 0 Å². The monoisotopic (exact) mass is 183 g/mol. The van der Waals surface area contributed by atoms with E-state index in [0.717, 1.165) is 17.8 Å². The van der Waals surface area contributed by atoms with Crippen LogP contribution >= 0.6 is 0 Å². The maximum atomic E-state index is 3.34. The molecule has 2 atom stereocenters. The fraction of sp³-hybridized carbons (Fsp3) is 1.00. The fourth-order valence-corrected chi connectivity index (χ4v) is 2.73. The van der Waals surface area contributed by atoms with Crippen molar-refractivity contribution < 1.29 is 0 Å². The predicted molar refractivity (Wildman–Crippen MR) is 58.8 cm³/mol. The summed E-state index contributed by atoms with van der Waals surface area (Å²) >= 11 is 0. The molecule has 1 aliphatic carbocycles. The van der Waals surface area contributed by atoms with Crippen LogP contribution in [0.5, 0.6) is 0 Å². The van der Waals surface area contributed by atoms with Crippen LogP contribution in [0.4, 0.5) is 0 Å². The van der Waals surface area contributed by atoms with Gasteiger partial charge in [-0.2, -0.15) is 0 Å². The standard InChI is InChI=1S/C12H25N/c1-10(2)8-11-6-4-5-7-12(11)9-13-3/h10-13H,4-9H2,1-3H3. The van der Waals surface area contributed by atoms with Gasteiger partial charge in [-0.15, -0.1) is 0 Å². The maximum absolute atomic E-state index is 3.34. The van der Waals surface area contributed by atoms with Gasteiger partial charge in [-0.05, 0) is 44.2 Å². The number of rotatable bonds is 4. The highest BCUT2D eigenvalue weighted by Crippen LogP contribution is 2.33. The molecule has 1 heteroatoms. The second kappa shape index (κ2) is 5.64. The van der Waals surface area contributed by atoms with Crippen LogP contribution in [0.1, 0.15) is 46.0 Å². The molecule has 0 amide bonds. The third-order valence-electron chi connectivity index (χ3n) is 3.31. The summed E-state index contributed by atoms with van der Waals surface area (Å²) in [4.78, 5) is 0. The van der Waals surface area contributed by atoms with E-state index in [9.17, 15) is 0 Å². The van der Waals surface area contributed by atoms with Gasteiger partial charge in [0.2, 0.25) is 0 Å². The second-order valence-corrected chi connectivity index (χ2v) is 4.99. The minimum atomic E-state index is 0.877. The molecular formula is C12H25N. The minimum Gasteiger partial charge on any atom is -0.319 e. The first-order valence-corrected chi connectivity index (χ1v) is 5.88. The number of nitrogens with one attached hydrogen (secondary N) is 1. The maximum Gasteiger partial charge on any atom is -0.00209 e. The third kappa shape index (κ3) is 3.68. The molecule has 0 radical (unpaired) electrons. The molecule has 0 saturated heterocycles. The summed E-state index contributed by atoms with van der Waals surface area (Å²) in [6.07, 6.45) is 7.30. The summed E-state index contributed by atoms with van der Waals surface area (Å²) in [7, 11) is 2.08. The van der Waals surface area contributed by atoms with Crippen molar-refractivity contribution in [2.75, 3.05) is 13.6 Å². The van der Waals surface area contributed by atoms with Gasteiger partial charge in [-0.25, -0.2) is 0 Å². The zero-order valence-electron chi connectivity index (χ0n) is 9.47. The van der Waals surface area contributed by atoms with E-state index < -0.39 is 0 Å². The summed E-state index contributed by atoms with van der Waals surface area (Å²) in [5, 5.41) is 3.34. The molecule has 0 aromatic carbocycles. The quantitative estimate of drug-likeness (QED) is 0.706. The van der Waals surface area contributed by atoms with Crippen LogP contribution in [0.3, 0.4) is 0 Å². The molecule has 0 spiro atoms. The second-order valence-electron chi connectivity index (χ2n) is 4.99. The van der Waals surface area contributed by atoms with Crippen molar-refractivity contribution in [1.29, 1.82) is 0 Å². The van der Waals surface area contributed by atoms with Gasteiger partial charge in [0.25, 0.3) is 0 Å². The van der Waals surface area contributed by atoms with E-state index in [-0.39, 0.29) is 0 Å². The molecule has 0 heterocycles. The molecule has 1 nitrogen and oxygen atoms in total. The zero-order chi connectivity index (χ0) is 9.68. The van der Waals surface area contributed by atoms with Crippen LogP contribution in [-0.2, 0) is 0 Å². The third-order valence-corrected chi connectivity index (χ3v) is 3.31. The van der Waals surface area contributed by atoms with Crippen LogP contribution in [0.25, 0.3) is 0 Å². The molecule has 13 heavy (non-hydrogen) atoms. The largest absolute Gasteiger partial charge is 0.319 e. The first-order chi connectivity index (χ1) is 6.24. The topological polar surface area (TPSA) is 12.0 Å². The summed E-state index contributed by atoms with van der Waals surface area (Å²) in [5.41, 5.74) is 0. The molecule has 0 aromatic rings. The van der Waals surface area contributed by atoms with E-state index in [1.54, 1.807) is 0 Å². The van der Waals surface area contributed by atoms with Crippen LogP contribution in [0, 0.1) is 17.8 Å². The normalized spacial score (nSPS) is 29.5. The van der Waals surface area contributed by atoms with Gasteiger partial charge in [0, 0.05) is 0 Å². The van der Waals surface area contributed by atoms with E-state index in [4.69, 9.17) is 0 Å². The lowest BCUT2D eigenvalue weighted by Gasteiger charge is -2.32. The van der Waals surface area contributed by atoms with Gasteiger partial charge < -0.3 is 5.32 Å². The van der Waals surface area contributed by atoms with Gasteiger partial charge in [0.15, 0.2) is 0 Å². The minimum absolute atomic E-state index is 0.877. The van der Waals surface area contributed by atoms with Crippen molar-refractivity contribution in [2.45, 2.75) is 46.0 Å². The summed E-state index contributed by atoms with van der Waals surface area (Å²) in [6, 6.07) is 0. The first kappa shape index (κ1) is 11.0. The Kier molecular flexibility index (Phi) is 4.79. The Morgan fingerprint density at radius 2 is 1.77 bits per heavy atom. The average Bonchev–Trinajstić information content (AvgIpc) is 2.08. The Bertz CT molecular complexity index is 129. The molecular weight excluding hydrogens is 158 g/mol. The lowest BCUT2D eigenvalue weighted by Crippen LogP contribution is -2.29. The van der Waals surface area contributed by atoms with E-state index >= 15 is 0 Å². The molecule has 1 aliphatic rings. The first-order valence-electron chi connectivity index (χ1n) is 5.88. The van der Waals surface area contributed by atoms with Crippen molar-refractivity contribution in [2.24, 2.45) is 17.8 Å². The van der Waals surface area contributed by atoms with Gasteiger partial charge in [0.1, 0.15) is 0 Å². The highest BCUT2D eigenvalue weighted by Gasteiger charge is 2.24. The molecule has 78 valence electrons. The Hall–Kier alpha value is -0.0400. The van der Waals surface area contributed by atoms with Crippen LogP contribution in [-0.4, -0.2) is 13.6 Å². The van der Waals surface area contributed by atoms with Gasteiger partial charge in [-0.3, -0.25) is 0 Å². The Balaban J connectivity index is 2.36. The van der Waals surface area contributed by atoms with Crippen molar-refractivity contribution >= 4 is 0 Å². The molecule has 1 rings (SSSR count). The summed E-state index contributed by atoms with van der Waals surface area (Å²) in [6.45, 7) is 5.94. The lowest BCUT2D eigenvalue weighted by molar-refractivity contribution is 0.202. The van der Waals surface area contributed by atoms with Crippen LogP contribution in [0.15, 0.2) is 0 Å². The molecule has 2 unspecified atom stereocenters. The van der Waals surface area contributed by atoms with E-state index in [1.807, 2.05) is 0 Å². The van der Waals surface area contributed by atoms with Crippen molar-refractivity contribution in [3.8, 4) is 0 Å². The van der Waals surface area contributed by atoms with Gasteiger partial charge in [-0.1, -0.05) is 33.1 Å². The number of hydrogen-bond donors (Lipinski definition) is 1. The van der Waals surface area contributed by atoms with Gasteiger partial charge in [0.05, 0.1) is 0 Å². The lowest BCUT2D eigenvalue weighted by atomic mass is 9.75. The summed E-state index contributed by atoms with van der Waals surface area (Å²) in [5.74, 6) is 2.84. The molecule has 1 saturated carbocycles. The SMILES string of the molecule is CNCC1CCCCC1CC(C)C. The molecule has 0 aromatic heterocycles. The summed E-state index contributed by atoms with van der Waals surface area (Å²) < 4.78 is 0. The Morgan fingerprint density at radius 3 is 2.31 bits per heavy atom. The van der Waals surface area contributed by atoms with Crippen LogP contribution < -0.4 is 5.32 Å². The highest BCUT2D eigenvalue weighted by atomic mass is 14.8. The van der Waals surface area contributed by atoms with Crippen LogP contribution in [0.2, 0.25) is 0 Å². The number of hydrogen-bond acceptors (Lipinski definition) is 1. The average molecular weight is 183 g/mol. The smallest absolute Gasteiger partial charge is 0.00209 e. The van der Waals surface area contributed by atoms with Gasteiger partial charge >= 0.3 is 0 Å².